The fraction of sp³-hybridized carbons (Fsp3) is 0.600. The second kappa shape index (κ2) is 7.27. The lowest BCUT2D eigenvalue weighted by molar-refractivity contribution is -0.121. The summed E-state index contributed by atoms with van der Waals surface area (Å²) in [6.45, 7) is 5.26. The van der Waals surface area contributed by atoms with Crippen LogP contribution in [0.4, 0.5) is 0 Å². The molecule has 0 radical (unpaired) electrons. The van der Waals surface area contributed by atoms with Gasteiger partial charge < -0.3 is 9.88 Å². The van der Waals surface area contributed by atoms with E-state index in [0.717, 1.165) is 17.4 Å². The Morgan fingerprint density at radius 2 is 1.91 bits per heavy atom. The van der Waals surface area contributed by atoms with Crippen molar-refractivity contribution in [2.24, 2.45) is 5.92 Å². The van der Waals surface area contributed by atoms with Crippen LogP contribution >= 0.6 is 0 Å². The molecule has 1 N–H and O–H groups in total. The summed E-state index contributed by atoms with van der Waals surface area (Å²) in [4.78, 5) is 23.8. The highest BCUT2D eigenvalue weighted by atomic mass is 32.2. The first kappa shape index (κ1) is 17.7. The van der Waals surface area contributed by atoms with Crippen molar-refractivity contribution < 1.29 is 13.2 Å². The van der Waals surface area contributed by atoms with E-state index >= 15 is 0 Å². The highest BCUT2D eigenvalue weighted by Gasteiger charge is 2.27. The normalized spacial score (nSPS) is 16.0. The summed E-state index contributed by atoms with van der Waals surface area (Å²) in [5, 5.41) is 2.71. The van der Waals surface area contributed by atoms with E-state index in [4.69, 9.17) is 0 Å². The smallest absolute Gasteiger partial charge is 0.251 e. The second-order valence-corrected chi connectivity index (χ2v) is 8.08. The van der Waals surface area contributed by atoms with Crippen LogP contribution in [0.25, 0.3) is 0 Å². The molecule has 0 atom stereocenters. The minimum atomic E-state index is -3.60. The summed E-state index contributed by atoms with van der Waals surface area (Å²) in [6, 6.07) is 2.50. The number of rotatable bonds is 6. The highest BCUT2D eigenvalue weighted by Crippen LogP contribution is 2.19. The van der Waals surface area contributed by atoms with Crippen LogP contribution in [0, 0.1) is 5.92 Å². The molecule has 0 bridgehead atoms. The lowest BCUT2D eigenvalue weighted by atomic mass is 10.2. The maximum absolute atomic E-state index is 12.5. The van der Waals surface area contributed by atoms with Gasteiger partial charge in [-0.15, -0.1) is 0 Å². The van der Waals surface area contributed by atoms with Gasteiger partial charge in [-0.3, -0.25) is 9.59 Å². The Labute approximate surface area is 136 Å². The third-order valence-electron chi connectivity index (χ3n) is 3.68. The summed E-state index contributed by atoms with van der Waals surface area (Å²) in [6.07, 6.45) is 2.94. The predicted molar refractivity (Wildman–Crippen MR) is 86.5 cm³/mol. The van der Waals surface area contributed by atoms with Gasteiger partial charge in [0.15, 0.2) is 0 Å². The number of carbonyl (C=O) groups excluding carboxylic acids is 1. The average Bonchev–Trinajstić information content (AvgIpc) is 3.02. The van der Waals surface area contributed by atoms with Crippen LogP contribution in [-0.2, 0) is 21.4 Å². The van der Waals surface area contributed by atoms with E-state index in [9.17, 15) is 18.0 Å². The van der Waals surface area contributed by atoms with E-state index in [-0.39, 0.29) is 17.3 Å². The van der Waals surface area contributed by atoms with Crippen LogP contribution in [0.3, 0.4) is 0 Å². The average molecular weight is 341 g/mol. The maximum Gasteiger partial charge on any atom is 0.251 e. The Kier molecular flexibility index (Phi) is 5.59. The van der Waals surface area contributed by atoms with Gasteiger partial charge in [-0.2, -0.15) is 4.31 Å². The molecule has 23 heavy (non-hydrogen) atoms. The molecule has 0 unspecified atom stereocenters. The molecule has 8 heteroatoms. The van der Waals surface area contributed by atoms with Gasteiger partial charge in [0.05, 0.1) is 4.90 Å². The molecule has 1 fully saturated rings. The molecule has 1 saturated heterocycles. The SMILES string of the molecule is CC(C)CNC(=O)Cn1cc(S(=O)(=O)N2CCCC2)ccc1=O. The zero-order valence-electron chi connectivity index (χ0n) is 13.5. The summed E-state index contributed by atoms with van der Waals surface area (Å²) >= 11 is 0. The van der Waals surface area contributed by atoms with Gasteiger partial charge in [0.1, 0.15) is 6.54 Å². The number of nitrogens with zero attached hydrogens (tertiary/aromatic N) is 2. The summed E-state index contributed by atoms with van der Waals surface area (Å²) in [5.74, 6) is -0.00549. The first-order valence-electron chi connectivity index (χ1n) is 7.78. The molecule has 1 aliphatic heterocycles. The fourth-order valence-electron chi connectivity index (χ4n) is 2.39. The topological polar surface area (TPSA) is 88.5 Å². The Hall–Kier alpha value is -1.67. The minimum Gasteiger partial charge on any atom is -0.354 e. The monoisotopic (exact) mass is 341 g/mol. The number of nitrogens with one attached hydrogen (secondary N) is 1. The Morgan fingerprint density at radius 1 is 1.26 bits per heavy atom. The number of sulfonamides is 1. The predicted octanol–water partition coefficient (Wildman–Crippen LogP) is 0.405. The second-order valence-electron chi connectivity index (χ2n) is 6.14. The molecular formula is C15H23N3O4S. The summed E-state index contributed by atoms with van der Waals surface area (Å²) < 4.78 is 27.6. The molecule has 1 aromatic heterocycles. The van der Waals surface area contributed by atoms with Crippen LogP contribution in [0.15, 0.2) is 28.0 Å². The van der Waals surface area contributed by atoms with Gasteiger partial charge in [-0.1, -0.05) is 13.8 Å². The fourth-order valence-corrected chi connectivity index (χ4v) is 3.93. The van der Waals surface area contributed by atoms with Gasteiger partial charge in [0.2, 0.25) is 15.9 Å². The molecule has 2 rings (SSSR count). The number of carbonyl (C=O) groups is 1. The van der Waals surface area contributed by atoms with E-state index < -0.39 is 15.6 Å². The number of hydrogen-bond donors (Lipinski definition) is 1. The molecule has 0 aromatic carbocycles. The van der Waals surface area contributed by atoms with E-state index in [0.29, 0.717) is 25.6 Å². The Morgan fingerprint density at radius 3 is 2.52 bits per heavy atom. The molecule has 0 spiro atoms. The Bertz CT molecular complexity index is 718. The zero-order valence-corrected chi connectivity index (χ0v) is 14.3. The van der Waals surface area contributed by atoms with Crippen LogP contribution in [0.2, 0.25) is 0 Å². The van der Waals surface area contributed by atoms with E-state index in [1.54, 1.807) is 0 Å². The van der Waals surface area contributed by atoms with Crippen molar-refractivity contribution in [2.75, 3.05) is 19.6 Å². The van der Waals surface area contributed by atoms with Gasteiger partial charge in [-0.05, 0) is 24.8 Å². The van der Waals surface area contributed by atoms with E-state index in [1.165, 1.54) is 22.6 Å². The van der Waals surface area contributed by atoms with Crippen LogP contribution < -0.4 is 10.9 Å². The third-order valence-corrected chi connectivity index (χ3v) is 5.56. The minimum absolute atomic E-state index is 0.0515. The lowest BCUT2D eigenvalue weighted by Gasteiger charge is -2.16. The van der Waals surface area contributed by atoms with Crippen molar-refractivity contribution in [2.45, 2.75) is 38.1 Å². The van der Waals surface area contributed by atoms with Gasteiger partial charge in [0.25, 0.3) is 5.56 Å². The van der Waals surface area contributed by atoms with Crippen LogP contribution in [-0.4, -0.2) is 42.8 Å². The summed E-state index contributed by atoms with van der Waals surface area (Å²) in [5.41, 5.74) is -0.398. The van der Waals surface area contributed by atoms with Crippen molar-refractivity contribution in [3.8, 4) is 0 Å². The molecule has 0 aliphatic carbocycles. The molecule has 1 aliphatic rings. The molecule has 1 aromatic rings. The maximum atomic E-state index is 12.5. The highest BCUT2D eigenvalue weighted by molar-refractivity contribution is 7.89. The van der Waals surface area contributed by atoms with Crippen molar-refractivity contribution >= 4 is 15.9 Å². The standard InChI is InChI=1S/C15H23N3O4S/c1-12(2)9-16-14(19)11-17-10-13(5-6-15(17)20)23(21,22)18-7-3-4-8-18/h5-6,10,12H,3-4,7-9,11H2,1-2H3,(H,16,19). The van der Waals surface area contributed by atoms with E-state index in [2.05, 4.69) is 5.32 Å². The number of aromatic nitrogens is 1. The van der Waals surface area contributed by atoms with Crippen LogP contribution in [0.5, 0.6) is 0 Å². The molecule has 128 valence electrons. The quantitative estimate of drug-likeness (QED) is 0.811. The van der Waals surface area contributed by atoms with Gasteiger partial charge in [-0.25, -0.2) is 8.42 Å². The number of amides is 1. The van der Waals surface area contributed by atoms with E-state index in [1.807, 2.05) is 13.8 Å². The first-order valence-corrected chi connectivity index (χ1v) is 9.22. The van der Waals surface area contributed by atoms with Gasteiger partial charge >= 0.3 is 0 Å². The molecular weight excluding hydrogens is 318 g/mol. The Balaban J connectivity index is 2.19. The molecule has 7 nitrogen and oxygen atoms in total. The molecule has 2 heterocycles. The van der Waals surface area contributed by atoms with Crippen LogP contribution in [0.1, 0.15) is 26.7 Å². The number of hydrogen-bond acceptors (Lipinski definition) is 4. The lowest BCUT2D eigenvalue weighted by Crippen LogP contribution is -2.35. The molecule has 0 saturated carbocycles. The summed E-state index contributed by atoms with van der Waals surface area (Å²) in [7, 11) is -3.60. The van der Waals surface area contributed by atoms with Crippen molar-refractivity contribution in [3.05, 3.63) is 28.7 Å². The van der Waals surface area contributed by atoms with Gasteiger partial charge in [0, 0.05) is 31.9 Å². The molecule has 1 amide bonds. The zero-order chi connectivity index (χ0) is 17.0. The first-order chi connectivity index (χ1) is 10.8. The number of pyridine rings is 1. The largest absolute Gasteiger partial charge is 0.354 e. The van der Waals surface area contributed by atoms with Crippen molar-refractivity contribution in [1.82, 2.24) is 14.2 Å². The third kappa shape index (κ3) is 4.42. The van der Waals surface area contributed by atoms with Crippen molar-refractivity contribution in [3.63, 3.8) is 0 Å². The van der Waals surface area contributed by atoms with Crippen molar-refractivity contribution in [1.29, 1.82) is 0 Å².